The number of hydrogen-bond donors (Lipinski definition) is 0. The molecule has 0 aromatic rings. The van der Waals surface area contributed by atoms with E-state index in [9.17, 15) is 0 Å². The molecule has 3 heteroatoms. The van der Waals surface area contributed by atoms with Crippen molar-refractivity contribution in [1.82, 2.24) is 4.90 Å². The Bertz CT molecular complexity index is 194. The zero-order valence-corrected chi connectivity index (χ0v) is 9.20. The summed E-state index contributed by atoms with van der Waals surface area (Å²) in [5.74, 6) is 0.475. The first kappa shape index (κ1) is 11.5. The van der Waals surface area contributed by atoms with Gasteiger partial charge in [0.15, 0.2) is 0 Å². The van der Waals surface area contributed by atoms with Gasteiger partial charge in [0.25, 0.3) is 0 Å². The van der Waals surface area contributed by atoms with Crippen molar-refractivity contribution in [2.45, 2.75) is 32.7 Å². The Hall–Kier alpha value is -0.590. The maximum Gasteiger partial charge on any atom is 0.100 e. The molecule has 3 nitrogen and oxygen atoms in total. The van der Waals surface area contributed by atoms with Gasteiger partial charge < -0.3 is 4.74 Å². The Labute approximate surface area is 86.6 Å². The SMILES string of the molecule is CCCC(C)C(C#N)N1CCOCC1. The second-order valence-corrected chi connectivity index (χ2v) is 3.99. The minimum atomic E-state index is 0.0823. The van der Waals surface area contributed by atoms with Crippen LogP contribution in [-0.2, 0) is 4.74 Å². The largest absolute Gasteiger partial charge is 0.379 e. The molecule has 0 radical (unpaired) electrons. The Kier molecular flexibility index (Phi) is 4.92. The summed E-state index contributed by atoms with van der Waals surface area (Å²) >= 11 is 0. The van der Waals surface area contributed by atoms with E-state index in [0.29, 0.717) is 5.92 Å². The Morgan fingerprint density at radius 2 is 2.07 bits per heavy atom. The lowest BCUT2D eigenvalue weighted by atomic mass is 9.96. The molecule has 0 aliphatic carbocycles. The third kappa shape index (κ3) is 2.97. The van der Waals surface area contributed by atoms with Crippen LogP contribution in [0.4, 0.5) is 0 Å². The van der Waals surface area contributed by atoms with Gasteiger partial charge in [0.05, 0.1) is 19.3 Å². The highest BCUT2D eigenvalue weighted by Gasteiger charge is 2.24. The summed E-state index contributed by atoms with van der Waals surface area (Å²) in [7, 11) is 0. The lowest BCUT2D eigenvalue weighted by Crippen LogP contribution is -2.45. The molecular formula is C11H20N2O. The molecule has 1 rings (SSSR count). The van der Waals surface area contributed by atoms with E-state index in [1.807, 2.05) is 0 Å². The van der Waals surface area contributed by atoms with Gasteiger partial charge in [-0.25, -0.2) is 0 Å². The number of ether oxygens (including phenoxy) is 1. The molecule has 1 heterocycles. The molecule has 0 saturated carbocycles. The van der Waals surface area contributed by atoms with E-state index in [4.69, 9.17) is 10.00 Å². The molecule has 0 bridgehead atoms. The first-order chi connectivity index (χ1) is 6.79. The summed E-state index contributed by atoms with van der Waals surface area (Å²) in [5.41, 5.74) is 0. The minimum Gasteiger partial charge on any atom is -0.379 e. The van der Waals surface area contributed by atoms with Gasteiger partial charge >= 0.3 is 0 Å². The lowest BCUT2D eigenvalue weighted by molar-refractivity contribution is 0.0167. The number of nitriles is 1. The van der Waals surface area contributed by atoms with Crippen molar-refractivity contribution in [2.75, 3.05) is 26.3 Å². The molecule has 1 aliphatic rings. The highest BCUT2D eigenvalue weighted by Crippen LogP contribution is 2.17. The van der Waals surface area contributed by atoms with E-state index >= 15 is 0 Å². The number of morpholine rings is 1. The molecular weight excluding hydrogens is 176 g/mol. The van der Waals surface area contributed by atoms with Gasteiger partial charge in [0.1, 0.15) is 6.04 Å². The third-order valence-corrected chi connectivity index (χ3v) is 2.85. The molecule has 1 aliphatic heterocycles. The monoisotopic (exact) mass is 196 g/mol. The summed E-state index contributed by atoms with van der Waals surface area (Å²) in [4.78, 5) is 2.25. The van der Waals surface area contributed by atoms with Crippen molar-refractivity contribution in [3.05, 3.63) is 0 Å². The minimum absolute atomic E-state index is 0.0823. The Morgan fingerprint density at radius 3 is 2.57 bits per heavy atom. The van der Waals surface area contributed by atoms with Crippen molar-refractivity contribution in [3.63, 3.8) is 0 Å². The fourth-order valence-electron chi connectivity index (χ4n) is 2.04. The smallest absolute Gasteiger partial charge is 0.100 e. The molecule has 14 heavy (non-hydrogen) atoms. The Morgan fingerprint density at radius 1 is 1.43 bits per heavy atom. The van der Waals surface area contributed by atoms with Gasteiger partial charge in [-0.3, -0.25) is 4.90 Å². The molecule has 0 N–H and O–H groups in total. The van der Waals surface area contributed by atoms with E-state index < -0.39 is 0 Å². The summed E-state index contributed by atoms with van der Waals surface area (Å²) in [5, 5.41) is 9.14. The van der Waals surface area contributed by atoms with Crippen LogP contribution in [0.2, 0.25) is 0 Å². The molecule has 0 amide bonds. The van der Waals surface area contributed by atoms with Crippen LogP contribution < -0.4 is 0 Å². The molecule has 1 fully saturated rings. The fourth-order valence-corrected chi connectivity index (χ4v) is 2.04. The Balaban J connectivity index is 2.47. The van der Waals surface area contributed by atoms with Crippen molar-refractivity contribution >= 4 is 0 Å². The normalized spacial score (nSPS) is 22.6. The van der Waals surface area contributed by atoms with Crippen LogP contribution in [0.3, 0.4) is 0 Å². The fraction of sp³-hybridized carbons (Fsp3) is 0.909. The maximum absolute atomic E-state index is 9.14. The second-order valence-electron chi connectivity index (χ2n) is 3.99. The lowest BCUT2D eigenvalue weighted by Gasteiger charge is -2.33. The average Bonchev–Trinajstić information content (AvgIpc) is 2.21. The van der Waals surface area contributed by atoms with Gasteiger partial charge in [-0.1, -0.05) is 20.3 Å². The third-order valence-electron chi connectivity index (χ3n) is 2.85. The zero-order chi connectivity index (χ0) is 10.4. The van der Waals surface area contributed by atoms with Crippen molar-refractivity contribution < 1.29 is 4.74 Å². The molecule has 0 aromatic heterocycles. The van der Waals surface area contributed by atoms with Crippen LogP contribution in [0, 0.1) is 17.2 Å². The number of nitrogens with zero attached hydrogens (tertiary/aromatic N) is 2. The first-order valence-electron chi connectivity index (χ1n) is 5.51. The van der Waals surface area contributed by atoms with E-state index in [-0.39, 0.29) is 6.04 Å². The quantitative estimate of drug-likeness (QED) is 0.686. The predicted octanol–water partition coefficient (Wildman–Crippen LogP) is 1.65. The van der Waals surface area contributed by atoms with E-state index in [1.165, 1.54) is 0 Å². The van der Waals surface area contributed by atoms with E-state index in [1.54, 1.807) is 0 Å². The molecule has 0 spiro atoms. The summed E-state index contributed by atoms with van der Waals surface area (Å²) in [6.45, 7) is 7.71. The topological polar surface area (TPSA) is 36.3 Å². The van der Waals surface area contributed by atoms with Crippen LogP contribution in [0.25, 0.3) is 0 Å². The van der Waals surface area contributed by atoms with Crippen LogP contribution >= 0.6 is 0 Å². The van der Waals surface area contributed by atoms with E-state index in [0.717, 1.165) is 39.1 Å². The van der Waals surface area contributed by atoms with Crippen LogP contribution in [0.1, 0.15) is 26.7 Å². The average molecular weight is 196 g/mol. The number of rotatable bonds is 4. The molecule has 80 valence electrons. The zero-order valence-electron chi connectivity index (χ0n) is 9.20. The summed E-state index contributed by atoms with van der Waals surface area (Å²) in [6.07, 6.45) is 2.29. The molecule has 1 saturated heterocycles. The van der Waals surface area contributed by atoms with Gasteiger partial charge in [0.2, 0.25) is 0 Å². The van der Waals surface area contributed by atoms with Gasteiger partial charge in [0, 0.05) is 13.1 Å². The standard InChI is InChI=1S/C11H20N2O/c1-3-4-10(2)11(9-12)13-5-7-14-8-6-13/h10-11H,3-8H2,1-2H3. The van der Waals surface area contributed by atoms with Gasteiger partial charge in [-0.15, -0.1) is 0 Å². The number of hydrogen-bond acceptors (Lipinski definition) is 3. The van der Waals surface area contributed by atoms with Crippen LogP contribution in [-0.4, -0.2) is 37.2 Å². The summed E-state index contributed by atoms with van der Waals surface area (Å²) < 4.78 is 5.28. The molecule has 2 atom stereocenters. The van der Waals surface area contributed by atoms with Gasteiger partial charge in [-0.2, -0.15) is 5.26 Å². The van der Waals surface area contributed by atoms with Crippen molar-refractivity contribution in [2.24, 2.45) is 5.92 Å². The molecule has 0 aromatic carbocycles. The molecule has 2 unspecified atom stereocenters. The first-order valence-corrected chi connectivity index (χ1v) is 5.51. The van der Waals surface area contributed by atoms with E-state index in [2.05, 4.69) is 24.8 Å². The highest BCUT2D eigenvalue weighted by atomic mass is 16.5. The summed E-state index contributed by atoms with van der Waals surface area (Å²) in [6, 6.07) is 2.51. The van der Waals surface area contributed by atoms with Crippen molar-refractivity contribution in [1.29, 1.82) is 5.26 Å². The maximum atomic E-state index is 9.14. The predicted molar refractivity (Wildman–Crippen MR) is 55.9 cm³/mol. The highest BCUT2D eigenvalue weighted by molar-refractivity contribution is 4.95. The van der Waals surface area contributed by atoms with Crippen molar-refractivity contribution in [3.8, 4) is 6.07 Å². The second kappa shape index (κ2) is 6.00. The van der Waals surface area contributed by atoms with Gasteiger partial charge in [-0.05, 0) is 12.3 Å². The van der Waals surface area contributed by atoms with Crippen LogP contribution in [0.5, 0.6) is 0 Å². The van der Waals surface area contributed by atoms with Crippen LogP contribution in [0.15, 0.2) is 0 Å².